The first-order valence-corrected chi connectivity index (χ1v) is 8.68. The Morgan fingerprint density at radius 1 is 1.24 bits per heavy atom. The Hall–Kier alpha value is -2.77. The Labute approximate surface area is 144 Å². The lowest BCUT2D eigenvalue weighted by Crippen LogP contribution is -2.50. The fourth-order valence-corrected chi connectivity index (χ4v) is 3.45. The van der Waals surface area contributed by atoms with Crippen molar-refractivity contribution in [2.24, 2.45) is 5.92 Å². The van der Waals surface area contributed by atoms with Crippen molar-refractivity contribution in [1.82, 2.24) is 29.4 Å². The number of aryl methyl sites for hydroxylation is 1. The van der Waals surface area contributed by atoms with Gasteiger partial charge in [-0.25, -0.2) is 9.67 Å². The summed E-state index contributed by atoms with van der Waals surface area (Å²) in [6, 6.07) is 5.56. The van der Waals surface area contributed by atoms with Crippen molar-refractivity contribution in [3.05, 3.63) is 46.3 Å². The summed E-state index contributed by atoms with van der Waals surface area (Å²) in [5.74, 6) is 2.59. The van der Waals surface area contributed by atoms with Crippen LogP contribution in [-0.4, -0.2) is 42.5 Å². The molecular formula is C17H19N7O. The number of nitrogens with zero attached hydrogens (tertiary/aromatic N) is 7. The van der Waals surface area contributed by atoms with E-state index in [2.05, 4.69) is 25.1 Å². The second-order valence-corrected chi connectivity index (χ2v) is 7.05. The van der Waals surface area contributed by atoms with Gasteiger partial charge in [0, 0.05) is 42.8 Å². The predicted octanol–water partition coefficient (Wildman–Crippen LogP) is 1.00. The molecule has 0 spiro atoms. The molecule has 0 aromatic carbocycles. The zero-order valence-electron chi connectivity index (χ0n) is 14.0. The van der Waals surface area contributed by atoms with Crippen molar-refractivity contribution >= 4 is 11.6 Å². The van der Waals surface area contributed by atoms with Crippen LogP contribution in [0.1, 0.15) is 30.1 Å². The Kier molecular flexibility index (Phi) is 3.13. The van der Waals surface area contributed by atoms with Crippen molar-refractivity contribution in [2.75, 3.05) is 18.0 Å². The summed E-state index contributed by atoms with van der Waals surface area (Å²) < 4.78 is 3.40. The van der Waals surface area contributed by atoms with Gasteiger partial charge in [0.1, 0.15) is 12.1 Å². The molecule has 0 N–H and O–H groups in total. The number of hydrogen-bond donors (Lipinski definition) is 0. The SMILES string of the molecule is Cc1cc(N2CC(Cn3nc(C4CC4)ccc3=O)C2)n2ncnc2n1. The highest BCUT2D eigenvalue weighted by molar-refractivity contribution is 5.49. The molecule has 3 aromatic rings. The summed E-state index contributed by atoms with van der Waals surface area (Å²) in [6.07, 6.45) is 3.91. The number of rotatable bonds is 4. The second kappa shape index (κ2) is 5.37. The Morgan fingerprint density at radius 3 is 2.88 bits per heavy atom. The summed E-state index contributed by atoms with van der Waals surface area (Å²) in [5, 5.41) is 8.82. The highest BCUT2D eigenvalue weighted by Crippen LogP contribution is 2.38. The summed E-state index contributed by atoms with van der Waals surface area (Å²) in [6.45, 7) is 4.38. The van der Waals surface area contributed by atoms with E-state index in [1.165, 1.54) is 19.2 Å². The molecule has 0 radical (unpaired) electrons. The molecule has 0 bridgehead atoms. The van der Waals surface area contributed by atoms with Gasteiger partial charge >= 0.3 is 0 Å². The molecule has 0 amide bonds. The van der Waals surface area contributed by atoms with Gasteiger partial charge in [0.2, 0.25) is 0 Å². The largest absolute Gasteiger partial charge is 0.356 e. The minimum atomic E-state index is -0.0127. The molecule has 1 aliphatic carbocycles. The van der Waals surface area contributed by atoms with E-state index < -0.39 is 0 Å². The Balaban J connectivity index is 1.33. The van der Waals surface area contributed by atoms with Crippen LogP contribution in [0.15, 0.2) is 29.3 Å². The van der Waals surface area contributed by atoms with Crippen molar-refractivity contribution in [2.45, 2.75) is 32.2 Å². The molecule has 2 aliphatic rings. The van der Waals surface area contributed by atoms with Crippen molar-refractivity contribution < 1.29 is 0 Å². The predicted molar refractivity (Wildman–Crippen MR) is 91.7 cm³/mol. The highest BCUT2D eigenvalue weighted by Gasteiger charge is 2.31. The molecule has 1 aliphatic heterocycles. The van der Waals surface area contributed by atoms with Crippen molar-refractivity contribution in [3.63, 3.8) is 0 Å². The maximum absolute atomic E-state index is 12.1. The van der Waals surface area contributed by atoms with Gasteiger partial charge in [-0.1, -0.05) is 0 Å². The van der Waals surface area contributed by atoms with Gasteiger partial charge in [0.25, 0.3) is 11.3 Å². The van der Waals surface area contributed by atoms with Crippen LogP contribution in [0.4, 0.5) is 5.82 Å². The lowest BCUT2D eigenvalue weighted by molar-refractivity contribution is 0.330. The van der Waals surface area contributed by atoms with Gasteiger partial charge < -0.3 is 4.90 Å². The number of fused-ring (bicyclic) bond motifs is 1. The molecular weight excluding hydrogens is 318 g/mol. The molecule has 0 atom stereocenters. The van der Waals surface area contributed by atoms with E-state index in [4.69, 9.17) is 0 Å². The van der Waals surface area contributed by atoms with Gasteiger partial charge in [-0.05, 0) is 25.8 Å². The molecule has 8 heteroatoms. The van der Waals surface area contributed by atoms with E-state index in [1.807, 2.05) is 19.1 Å². The van der Waals surface area contributed by atoms with Gasteiger partial charge in [0.15, 0.2) is 0 Å². The lowest BCUT2D eigenvalue weighted by atomic mass is 10.0. The fourth-order valence-electron chi connectivity index (χ4n) is 3.45. The van der Waals surface area contributed by atoms with E-state index in [0.29, 0.717) is 24.2 Å². The average Bonchev–Trinajstić information content (AvgIpc) is 3.29. The van der Waals surface area contributed by atoms with E-state index in [9.17, 15) is 4.79 Å². The maximum atomic E-state index is 12.1. The summed E-state index contributed by atoms with van der Waals surface area (Å²) in [5.41, 5.74) is 1.97. The highest BCUT2D eigenvalue weighted by atomic mass is 16.1. The molecule has 5 rings (SSSR count). The van der Waals surface area contributed by atoms with Crippen LogP contribution in [0.5, 0.6) is 0 Å². The van der Waals surface area contributed by atoms with Crippen LogP contribution in [-0.2, 0) is 6.54 Å². The quantitative estimate of drug-likeness (QED) is 0.706. The van der Waals surface area contributed by atoms with Crippen molar-refractivity contribution in [1.29, 1.82) is 0 Å². The first kappa shape index (κ1) is 14.6. The van der Waals surface area contributed by atoms with E-state index in [0.717, 1.165) is 30.3 Å². The molecule has 2 fully saturated rings. The molecule has 3 aromatic heterocycles. The molecule has 128 valence electrons. The molecule has 1 saturated heterocycles. The van der Waals surface area contributed by atoms with Crippen LogP contribution >= 0.6 is 0 Å². The fraction of sp³-hybridized carbons (Fsp3) is 0.471. The topological polar surface area (TPSA) is 81.2 Å². The maximum Gasteiger partial charge on any atom is 0.266 e. The zero-order valence-corrected chi connectivity index (χ0v) is 14.0. The third-order valence-corrected chi connectivity index (χ3v) is 4.96. The van der Waals surface area contributed by atoms with E-state index in [1.54, 1.807) is 15.3 Å². The van der Waals surface area contributed by atoms with Crippen LogP contribution in [0.2, 0.25) is 0 Å². The Bertz CT molecular complexity index is 998. The molecule has 8 nitrogen and oxygen atoms in total. The first-order valence-electron chi connectivity index (χ1n) is 8.68. The normalized spacial score (nSPS) is 17.9. The average molecular weight is 337 g/mol. The number of anilines is 1. The zero-order chi connectivity index (χ0) is 17.0. The van der Waals surface area contributed by atoms with E-state index >= 15 is 0 Å². The third-order valence-electron chi connectivity index (χ3n) is 4.96. The van der Waals surface area contributed by atoms with Crippen molar-refractivity contribution in [3.8, 4) is 0 Å². The summed E-state index contributed by atoms with van der Waals surface area (Å²) in [4.78, 5) is 22.9. The minimum absolute atomic E-state index is 0.0127. The molecule has 25 heavy (non-hydrogen) atoms. The smallest absolute Gasteiger partial charge is 0.266 e. The standard InChI is InChI=1S/C17H19N7O/c1-11-6-15(24-17(20-11)18-10-19-24)22-7-12(8-22)9-23-16(25)5-4-14(21-23)13-2-3-13/h4-6,10,12-13H,2-3,7-9H2,1H3. The van der Waals surface area contributed by atoms with Gasteiger partial charge in [0.05, 0.1) is 12.2 Å². The van der Waals surface area contributed by atoms with Crippen LogP contribution in [0.3, 0.4) is 0 Å². The van der Waals surface area contributed by atoms with Gasteiger partial charge in [-0.15, -0.1) is 0 Å². The van der Waals surface area contributed by atoms with Crippen LogP contribution in [0, 0.1) is 12.8 Å². The number of hydrogen-bond acceptors (Lipinski definition) is 6. The molecule has 4 heterocycles. The first-order chi connectivity index (χ1) is 12.2. The summed E-state index contributed by atoms with van der Waals surface area (Å²) >= 11 is 0. The van der Waals surface area contributed by atoms with Crippen LogP contribution < -0.4 is 10.5 Å². The Morgan fingerprint density at radius 2 is 2.08 bits per heavy atom. The molecule has 0 unspecified atom stereocenters. The van der Waals surface area contributed by atoms with Crippen LogP contribution in [0.25, 0.3) is 5.78 Å². The third kappa shape index (κ3) is 2.57. The molecule has 1 saturated carbocycles. The number of aromatic nitrogens is 6. The van der Waals surface area contributed by atoms with E-state index in [-0.39, 0.29) is 5.56 Å². The summed E-state index contributed by atoms with van der Waals surface area (Å²) in [7, 11) is 0. The van der Waals surface area contributed by atoms with Gasteiger partial charge in [-0.2, -0.15) is 19.7 Å². The second-order valence-electron chi connectivity index (χ2n) is 7.05. The lowest BCUT2D eigenvalue weighted by Gasteiger charge is -2.40. The monoisotopic (exact) mass is 337 g/mol. The van der Waals surface area contributed by atoms with Gasteiger partial charge in [-0.3, -0.25) is 4.79 Å². The minimum Gasteiger partial charge on any atom is -0.356 e.